The van der Waals surface area contributed by atoms with Crippen LogP contribution in [0.4, 0.5) is 0 Å². The van der Waals surface area contributed by atoms with Crippen LogP contribution in [0.25, 0.3) is 5.69 Å². The second-order valence-corrected chi connectivity index (χ2v) is 5.50. The monoisotopic (exact) mass is 270 g/mol. The minimum absolute atomic E-state index is 0.378. The van der Waals surface area contributed by atoms with Gasteiger partial charge in [0.15, 0.2) is 0 Å². The molecule has 1 aromatic carbocycles. The van der Waals surface area contributed by atoms with Crippen molar-refractivity contribution in [1.29, 1.82) is 0 Å². The maximum atomic E-state index is 5.87. The average molecular weight is 270 g/mol. The molecular weight excluding hydrogens is 248 g/mol. The van der Waals surface area contributed by atoms with Gasteiger partial charge in [-0.05, 0) is 38.4 Å². The summed E-state index contributed by atoms with van der Waals surface area (Å²) in [6, 6.07) is 11.1. The predicted octanol–water partition coefficient (Wildman–Crippen LogP) is 2.36. The van der Waals surface area contributed by atoms with Crippen molar-refractivity contribution in [1.82, 2.24) is 14.7 Å². The predicted molar refractivity (Wildman–Crippen MR) is 80.8 cm³/mol. The van der Waals surface area contributed by atoms with Crippen LogP contribution in [0.1, 0.15) is 31.4 Å². The molecule has 3 rings (SSSR count). The van der Waals surface area contributed by atoms with Crippen molar-refractivity contribution in [2.24, 2.45) is 5.73 Å². The summed E-state index contributed by atoms with van der Waals surface area (Å²) in [6.07, 6.45) is 6.57. The Kier molecular flexibility index (Phi) is 3.85. The SMILES string of the molecule is CC(c1cnn(-c2ccccc2)c1)N1CCCC1CN. The summed E-state index contributed by atoms with van der Waals surface area (Å²) in [6.45, 7) is 4.14. The van der Waals surface area contributed by atoms with Crippen LogP contribution in [-0.2, 0) is 0 Å². The number of benzene rings is 1. The summed E-state index contributed by atoms with van der Waals surface area (Å²) in [5.74, 6) is 0. The Labute approximate surface area is 120 Å². The summed E-state index contributed by atoms with van der Waals surface area (Å²) >= 11 is 0. The van der Waals surface area contributed by atoms with E-state index in [4.69, 9.17) is 5.73 Å². The number of likely N-dealkylation sites (tertiary alicyclic amines) is 1. The van der Waals surface area contributed by atoms with E-state index in [1.54, 1.807) is 0 Å². The Morgan fingerprint density at radius 3 is 2.90 bits per heavy atom. The highest BCUT2D eigenvalue weighted by atomic mass is 15.3. The molecule has 1 aliphatic rings. The smallest absolute Gasteiger partial charge is 0.0645 e. The molecule has 0 spiro atoms. The average Bonchev–Trinajstić information content (AvgIpc) is 3.16. The van der Waals surface area contributed by atoms with Crippen molar-refractivity contribution in [3.8, 4) is 5.69 Å². The molecule has 106 valence electrons. The summed E-state index contributed by atoms with van der Waals surface area (Å²) < 4.78 is 1.94. The fourth-order valence-electron chi connectivity index (χ4n) is 3.09. The molecule has 0 saturated carbocycles. The minimum Gasteiger partial charge on any atom is -0.329 e. The van der Waals surface area contributed by atoms with Gasteiger partial charge in [0.05, 0.1) is 11.9 Å². The summed E-state index contributed by atoms with van der Waals surface area (Å²) in [4.78, 5) is 2.51. The van der Waals surface area contributed by atoms with Gasteiger partial charge in [0.25, 0.3) is 0 Å². The highest BCUT2D eigenvalue weighted by molar-refractivity contribution is 5.31. The molecule has 4 heteroatoms. The molecule has 2 N–H and O–H groups in total. The second-order valence-electron chi connectivity index (χ2n) is 5.50. The van der Waals surface area contributed by atoms with Crippen LogP contribution < -0.4 is 5.73 Å². The van der Waals surface area contributed by atoms with Crippen molar-refractivity contribution in [2.75, 3.05) is 13.1 Å². The van der Waals surface area contributed by atoms with Gasteiger partial charge in [-0.15, -0.1) is 0 Å². The van der Waals surface area contributed by atoms with Crippen LogP contribution in [0.5, 0.6) is 0 Å². The van der Waals surface area contributed by atoms with Gasteiger partial charge in [0.1, 0.15) is 0 Å². The Morgan fingerprint density at radius 2 is 2.15 bits per heavy atom. The van der Waals surface area contributed by atoms with Gasteiger partial charge in [-0.1, -0.05) is 18.2 Å². The number of nitrogens with two attached hydrogens (primary N) is 1. The van der Waals surface area contributed by atoms with Crippen LogP contribution in [0.3, 0.4) is 0 Å². The van der Waals surface area contributed by atoms with Gasteiger partial charge in [0, 0.05) is 30.4 Å². The zero-order valence-corrected chi connectivity index (χ0v) is 11.9. The van der Waals surface area contributed by atoms with Crippen molar-refractivity contribution in [3.05, 3.63) is 48.3 Å². The molecule has 20 heavy (non-hydrogen) atoms. The van der Waals surface area contributed by atoms with Gasteiger partial charge in [-0.25, -0.2) is 4.68 Å². The Morgan fingerprint density at radius 1 is 1.35 bits per heavy atom. The van der Waals surface area contributed by atoms with E-state index in [1.165, 1.54) is 18.4 Å². The van der Waals surface area contributed by atoms with E-state index in [-0.39, 0.29) is 0 Å². The molecular formula is C16H22N4. The lowest BCUT2D eigenvalue weighted by Gasteiger charge is -2.29. The molecule has 2 heterocycles. The van der Waals surface area contributed by atoms with Crippen LogP contribution >= 0.6 is 0 Å². The summed E-state index contributed by atoms with van der Waals surface area (Å²) in [7, 11) is 0. The molecule has 1 fully saturated rings. The largest absolute Gasteiger partial charge is 0.329 e. The van der Waals surface area contributed by atoms with Gasteiger partial charge >= 0.3 is 0 Å². The summed E-state index contributed by atoms with van der Waals surface area (Å²) in [5.41, 5.74) is 8.23. The zero-order valence-electron chi connectivity index (χ0n) is 11.9. The third-order valence-corrected chi connectivity index (χ3v) is 4.30. The number of aromatic nitrogens is 2. The van der Waals surface area contributed by atoms with Crippen LogP contribution in [0.2, 0.25) is 0 Å². The number of hydrogen-bond donors (Lipinski definition) is 1. The first-order chi connectivity index (χ1) is 9.79. The van der Waals surface area contributed by atoms with Gasteiger partial charge in [0.2, 0.25) is 0 Å². The van der Waals surface area contributed by atoms with Gasteiger partial charge < -0.3 is 5.73 Å². The highest BCUT2D eigenvalue weighted by Gasteiger charge is 2.28. The second kappa shape index (κ2) is 5.77. The first-order valence-electron chi connectivity index (χ1n) is 7.35. The van der Waals surface area contributed by atoms with Crippen molar-refractivity contribution >= 4 is 0 Å². The van der Waals surface area contributed by atoms with E-state index in [2.05, 4.69) is 35.3 Å². The molecule has 1 aliphatic heterocycles. The maximum absolute atomic E-state index is 5.87. The molecule has 0 radical (unpaired) electrons. The van der Waals surface area contributed by atoms with Crippen LogP contribution in [-0.4, -0.2) is 33.8 Å². The zero-order chi connectivity index (χ0) is 13.9. The first-order valence-corrected chi connectivity index (χ1v) is 7.35. The van der Waals surface area contributed by atoms with Crippen LogP contribution in [0, 0.1) is 0 Å². The molecule has 1 aromatic heterocycles. The quantitative estimate of drug-likeness (QED) is 0.927. The van der Waals surface area contributed by atoms with Crippen molar-refractivity contribution in [2.45, 2.75) is 31.8 Å². The van der Waals surface area contributed by atoms with E-state index >= 15 is 0 Å². The van der Waals surface area contributed by atoms with E-state index in [0.717, 1.165) is 18.8 Å². The topological polar surface area (TPSA) is 47.1 Å². The minimum atomic E-state index is 0.378. The Bertz CT molecular complexity index is 549. The molecule has 0 amide bonds. The normalized spacial score (nSPS) is 21.2. The molecule has 4 nitrogen and oxygen atoms in total. The molecule has 2 atom stereocenters. The number of rotatable bonds is 4. The lowest BCUT2D eigenvalue weighted by Crippen LogP contribution is -2.37. The molecule has 0 bridgehead atoms. The fraction of sp³-hybridized carbons (Fsp3) is 0.438. The van der Waals surface area contributed by atoms with E-state index in [0.29, 0.717) is 12.1 Å². The fourth-order valence-corrected chi connectivity index (χ4v) is 3.09. The van der Waals surface area contributed by atoms with Crippen molar-refractivity contribution < 1.29 is 0 Å². The number of nitrogens with zero attached hydrogens (tertiary/aromatic N) is 3. The number of hydrogen-bond acceptors (Lipinski definition) is 3. The molecule has 2 aromatic rings. The third-order valence-electron chi connectivity index (χ3n) is 4.30. The van der Waals surface area contributed by atoms with Gasteiger partial charge in [-0.2, -0.15) is 5.10 Å². The molecule has 0 aliphatic carbocycles. The molecule has 1 saturated heterocycles. The lowest BCUT2D eigenvalue weighted by molar-refractivity contribution is 0.197. The Hall–Kier alpha value is -1.65. The van der Waals surface area contributed by atoms with Crippen molar-refractivity contribution in [3.63, 3.8) is 0 Å². The van der Waals surface area contributed by atoms with Gasteiger partial charge in [-0.3, -0.25) is 4.90 Å². The maximum Gasteiger partial charge on any atom is 0.0645 e. The summed E-state index contributed by atoms with van der Waals surface area (Å²) in [5, 5.41) is 4.49. The third kappa shape index (κ3) is 2.49. The molecule has 2 unspecified atom stereocenters. The first kappa shape index (κ1) is 13.3. The van der Waals surface area contributed by atoms with E-state index in [9.17, 15) is 0 Å². The standard InChI is InChI=1S/C16H22N4/c1-13(19-9-5-8-16(19)10-17)14-11-18-20(12-14)15-6-3-2-4-7-15/h2-4,6-7,11-13,16H,5,8-10,17H2,1H3. The van der Waals surface area contributed by atoms with E-state index < -0.39 is 0 Å². The highest BCUT2D eigenvalue weighted by Crippen LogP contribution is 2.28. The number of para-hydroxylation sites is 1. The van der Waals surface area contributed by atoms with Crippen LogP contribution in [0.15, 0.2) is 42.7 Å². The Balaban J connectivity index is 1.80. The lowest BCUT2D eigenvalue weighted by atomic mass is 10.1. The van der Waals surface area contributed by atoms with E-state index in [1.807, 2.05) is 29.1 Å².